The maximum atomic E-state index is 6.08. The zero-order valence-corrected chi connectivity index (χ0v) is 13.4. The van der Waals surface area contributed by atoms with Crippen LogP contribution < -0.4 is 5.32 Å². The quantitative estimate of drug-likeness (QED) is 0.879. The number of nitrogens with zero attached hydrogens (tertiary/aromatic N) is 4. The lowest BCUT2D eigenvalue weighted by molar-refractivity contribution is 0.347. The molecule has 2 rings (SSSR count). The summed E-state index contributed by atoms with van der Waals surface area (Å²) in [5.41, 5.74) is 2.46. The van der Waals surface area contributed by atoms with Crippen molar-refractivity contribution in [3.8, 4) is 0 Å². The molecule has 0 aliphatic rings. The summed E-state index contributed by atoms with van der Waals surface area (Å²) >= 11 is 11.9. The summed E-state index contributed by atoms with van der Waals surface area (Å²) in [5, 5.41) is 12.2. The molecule has 0 unspecified atom stereocenters. The second-order valence-corrected chi connectivity index (χ2v) is 6.35. The molecule has 1 N–H and O–H groups in total. The fraction of sp³-hybridized carbons (Fsp3) is 0.462. The van der Waals surface area contributed by atoms with Crippen LogP contribution >= 0.6 is 23.2 Å². The molecule has 0 bridgehead atoms. The van der Waals surface area contributed by atoms with Crippen LogP contribution in [0.4, 0.5) is 5.69 Å². The van der Waals surface area contributed by atoms with Gasteiger partial charge in [-0.05, 0) is 39.3 Å². The van der Waals surface area contributed by atoms with Gasteiger partial charge in [-0.25, -0.2) is 9.67 Å². The molecule has 0 spiro atoms. The SMILES string of the molecule is Cc1cc(Cl)nc(Cl)c1NCc1cn(C(C)(C)C)nn1. The molecule has 108 valence electrons. The topological polar surface area (TPSA) is 55.6 Å². The second-order valence-electron chi connectivity index (χ2n) is 5.61. The van der Waals surface area contributed by atoms with Gasteiger partial charge in [-0.15, -0.1) is 5.10 Å². The van der Waals surface area contributed by atoms with E-state index in [-0.39, 0.29) is 5.54 Å². The second kappa shape index (κ2) is 5.58. The van der Waals surface area contributed by atoms with E-state index in [1.54, 1.807) is 6.07 Å². The number of aromatic nitrogens is 4. The number of hydrogen-bond donors (Lipinski definition) is 1. The Morgan fingerprint density at radius 2 is 2.00 bits per heavy atom. The molecule has 0 radical (unpaired) electrons. The van der Waals surface area contributed by atoms with Gasteiger partial charge in [0.2, 0.25) is 0 Å². The third-order valence-corrected chi connectivity index (χ3v) is 3.28. The highest BCUT2D eigenvalue weighted by atomic mass is 35.5. The van der Waals surface area contributed by atoms with Crippen molar-refractivity contribution in [1.29, 1.82) is 0 Å². The molecule has 5 nitrogen and oxygen atoms in total. The maximum Gasteiger partial charge on any atom is 0.154 e. The highest BCUT2D eigenvalue weighted by Gasteiger charge is 2.15. The van der Waals surface area contributed by atoms with Crippen molar-refractivity contribution >= 4 is 28.9 Å². The third-order valence-electron chi connectivity index (χ3n) is 2.82. The van der Waals surface area contributed by atoms with E-state index in [9.17, 15) is 0 Å². The van der Waals surface area contributed by atoms with Gasteiger partial charge in [0.05, 0.1) is 24.0 Å². The third kappa shape index (κ3) is 3.41. The van der Waals surface area contributed by atoms with Crippen molar-refractivity contribution in [2.24, 2.45) is 0 Å². The van der Waals surface area contributed by atoms with Crippen LogP contribution in [0.2, 0.25) is 10.3 Å². The molecule has 0 saturated heterocycles. The van der Waals surface area contributed by atoms with E-state index >= 15 is 0 Å². The van der Waals surface area contributed by atoms with Crippen LogP contribution in [0.5, 0.6) is 0 Å². The molecule has 0 saturated carbocycles. The van der Waals surface area contributed by atoms with Gasteiger partial charge in [0.15, 0.2) is 5.15 Å². The van der Waals surface area contributed by atoms with Crippen molar-refractivity contribution in [1.82, 2.24) is 20.0 Å². The first kappa shape index (κ1) is 15.1. The fourth-order valence-corrected chi connectivity index (χ4v) is 2.29. The van der Waals surface area contributed by atoms with Crippen molar-refractivity contribution in [2.45, 2.75) is 39.8 Å². The average Bonchev–Trinajstić information content (AvgIpc) is 2.75. The van der Waals surface area contributed by atoms with E-state index in [4.69, 9.17) is 23.2 Å². The summed E-state index contributed by atoms with van der Waals surface area (Å²) < 4.78 is 1.83. The molecule has 2 heterocycles. The zero-order valence-electron chi connectivity index (χ0n) is 11.9. The molecular formula is C13H17Cl2N5. The van der Waals surface area contributed by atoms with E-state index in [0.29, 0.717) is 16.9 Å². The van der Waals surface area contributed by atoms with E-state index in [0.717, 1.165) is 16.9 Å². The van der Waals surface area contributed by atoms with Gasteiger partial charge in [0, 0.05) is 0 Å². The standard InChI is InChI=1S/C13H17Cl2N5/c1-8-5-10(14)17-12(15)11(8)16-6-9-7-20(19-18-9)13(2,3)4/h5,7,16H,6H2,1-4H3. The van der Waals surface area contributed by atoms with Gasteiger partial charge in [-0.3, -0.25) is 0 Å². The molecule has 0 aliphatic heterocycles. The Hall–Kier alpha value is -1.33. The highest BCUT2D eigenvalue weighted by Crippen LogP contribution is 2.26. The van der Waals surface area contributed by atoms with Gasteiger partial charge < -0.3 is 5.32 Å². The smallest absolute Gasteiger partial charge is 0.154 e. The summed E-state index contributed by atoms with van der Waals surface area (Å²) in [5.74, 6) is 0. The molecule has 0 amide bonds. The summed E-state index contributed by atoms with van der Waals surface area (Å²) in [6, 6.07) is 1.77. The minimum Gasteiger partial charge on any atom is -0.377 e. The van der Waals surface area contributed by atoms with E-state index < -0.39 is 0 Å². The molecule has 0 aliphatic carbocycles. The number of pyridine rings is 1. The van der Waals surface area contributed by atoms with Gasteiger partial charge in [0.25, 0.3) is 0 Å². The Kier molecular flexibility index (Phi) is 4.20. The Labute approximate surface area is 128 Å². The van der Waals surface area contributed by atoms with Gasteiger partial charge in [-0.2, -0.15) is 0 Å². The fourth-order valence-electron chi connectivity index (χ4n) is 1.69. The van der Waals surface area contributed by atoms with E-state index in [1.165, 1.54) is 0 Å². The number of rotatable bonds is 3. The Morgan fingerprint density at radius 1 is 1.30 bits per heavy atom. The number of hydrogen-bond acceptors (Lipinski definition) is 4. The van der Waals surface area contributed by atoms with Crippen LogP contribution in [0.3, 0.4) is 0 Å². The normalized spacial score (nSPS) is 11.7. The minimum absolute atomic E-state index is 0.0827. The monoisotopic (exact) mass is 313 g/mol. The summed E-state index contributed by atoms with van der Waals surface area (Å²) in [6.07, 6.45) is 1.92. The van der Waals surface area contributed by atoms with Crippen LogP contribution in [0.25, 0.3) is 0 Å². The molecular weight excluding hydrogens is 297 g/mol. The predicted octanol–water partition coefficient (Wildman–Crippen LogP) is 3.66. The van der Waals surface area contributed by atoms with Crippen molar-refractivity contribution in [2.75, 3.05) is 5.32 Å². The molecule has 2 aromatic rings. The van der Waals surface area contributed by atoms with E-state index in [1.807, 2.05) is 17.8 Å². The Bertz CT molecular complexity index is 592. The van der Waals surface area contributed by atoms with Crippen LogP contribution in [0.1, 0.15) is 32.0 Å². The average molecular weight is 314 g/mol. The summed E-state index contributed by atoms with van der Waals surface area (Å²) in [4.78, 5) is 4.02. The first-order chi connectivity index (χ1) is 9.27. The Balaban J connectivity index is 2.12. The summed E-state index contributed by atoms with van der Waals surface area (Å²) in [6.45, 7) is 8.67. The molecule has 20 heavy (non-hydrogen) atoms. The lowest BCUT2D eigenvalue weighted by atomic mass is 10.1. The van der Waals surface area contributed by atoms with Crippen LogP contribution in [-0.2, 0) is 12.1 Å². The lowest BCUT2D eigenvalue weighted by Crippen LogP contribution is -2.22. The Morgan fingerprint density at radius 3 is 2.55 bits per heavy atom. The largest absolute Gasteiger partial charge is 0.377 e. The van der Waals surface area contributed by atoms with Crippen molar-refractivity contribution in [3.63, 3.8) is 0 Å². The highest BCUT2D eigenvalue weighted by molar-refractivity contribution is 6.34. The number of nitrogens with one attached hydrogen (secondary N) is 1. The van der Waals surface area contributed by atoms with Gasteiger partial charge in [0.1, 0.15) is 10.8 Å². The summed E-state index contributed by atoms with van der Waals surface area (Å²) in [7, 11) is 0. The molecule has 2 aromatic heterocycles. The van der Waals surface area contributed by atoms with Crippen LogP contribution in [-0.4, -0.2) is 20.0 Å². The van der Waals surface area contributed by atoms with E-state index in [2.05, 4.69) is 41.4 Å². The minimum atomic E-state index is -0.0827. The molecule has 7 heteroatoms. The first-order valence-corrected chi connectivity index (χ1v) is 7.01. The molecule has 0 aromatic carbocycles. The predicted molar refractivity (Wildman–Crippen MR) is 81.3 cm³/mol. The maximum absolute atomic E-state index is 6.08. The molecule has 0 atom stereocenters. The van der Waals surface area contributed by atoms with Crippen molar-refractivity contribution in [3.05, 3.63) is 33.8 Å². The first-order valence-electron chi connectivity index (χ1n) is 6.25. The van der Waals surface area contributed by atoms with Gasteiger partial charge in [-0.1, -0.05) is 28.4 Å². The van der Waals surface area contributed by atoms with Crippen molar-refractivity contribution < 1.29 is 0 Å². The van der Waals surface area contributed by atoms with Crippen LogP contribution in [0, 0.1) is 6.92 Å². The number of aryl methyl sites for hydroxylation is 1. The molecule has 0 fully saturated rings. The zero-order chi connectivity index (χ0) is 14.9. The number of halogens is 2. The lowest BCUT2D eigenvalue weighted by Gasteiger charge is -2.17. The van der Waals surface area contributed by atoms with Crippen LogP contribution in [0.15, 0.2) is 12.3 Å². The number of anilines is 1. The van der Waals surface area contributed by atoms with Gasteiger partial charge >= 0.3 is 0 Å².